The van der Waals surface area contributed by atoms with Gasteiger partial charge in [-0.15, -0.1) is 0 Å². The van der Waals surface area contributed by atoms with E-state index in [0.29, 0.717) is 6.04 Å². The first kappa shape index (κ1) is 17.9. The number of rotatable bonds is 12. The van der Waals surface area contributed by atoms with E-state index in [1.165, 1.54) is 44.9 Å². The van der Waals surface area contributed by atoms with Crippen molar-refractivity contribution in [2.24, 2.45) is 0 Å². The normalized spacial score (nSPS) is 13.8. The predicted octanol–water partition coefficient (Wildman–Crippen LogP) is 4.53. The molecular weight excluding hydrogens is 222 g/mol. The highest BCUT2D eigenvalue weighted by atomic mass is 16.5. The Kier molecular flexibility index (Phi) is 10.8. The molecule has 0 fully saturated rings. The van der Waals surface area contributed by atoms with Crippen LogP contribution in [-0.2, 0) is 4.74 Å². The minimum Gasteiger partial charge on any atom is -0.379 e. The summed E-state index contributed by atoms with van der Waals surface area (Å²) < 4.78 is 5.55. The van der Waals surface area contributed by atoms with E-state index in [0.717, 1.165) is 13.0 Å². The van der Waals surface area contributed by atoms with Crippen molar-refractivity contribution in [3.63, 3.8) is 0 Å². The lowest BCUT2D eigenvalue weighted by atomic mass is 9.94. The molecule has 0 aliphatic carbocycles. The zero-order chi connectivity index (χ0) is 13.9. The van der Waals surface area contributed by atoms with Crippen molar-refractivity contribution in [2.45, 2.75) is 90.7 Å². The highest BCUT2D eigenvalue weighted by Gasteiger charge is 2.21. The maximum Gasteiger partial charge on any atom is 0.0637 e. The predicted molar refractivity (Wildman–Crippen MR) is 81.2 cm³/mol. The zero-order valence-corrected chi connectivity index (χ0v) is 13.3. The third-order valence-electron chi connectivity index (χ3n) is 3.63. The molecule has 110 valence electrons. The molecule has 18 heavy (non-hydrogen) atoms. The Bertz CT molecular complexity index is 180. The molecule has 0 aromatic carbocycles. The lowest BCUT2D eigenvalue weighted by Crippen LogP contribution is -2.38. The van der Waals surface area contributed by atoms with Crippen LogP contribution in [0.2, 0.25) is 0 Å². The van der Waals surface area contributed by atoms with Crippen LogP contribution >= 0.6 is 0 Å². The molecule has 0 rings (SSSR count). The van der Waals surface area contributed by atoms with Crippen LogP contribution < -0.4 is 5.32 Å². The van der Waals surface area contributed by atoms with Gasteiger partial charge in [-0.1, -0.05) is 46.0 Å². The molecule has 1 unspecified atom stereocenters. The molecule has 0 heterocycles. The fourth-order valence-corrected chi connectivity index (χ4v) is 2.30. The largest absolute Gasteiger partial charge is 0.379 e. The van der Waals surface area contributed by atoms with Gasteiger partial charge in [-0.2, -0.15) is 0 Å². The van der Waals surface area contributed by atoms with Gasteiger partial charge in [-0.05, 0) is 39.7 Å². The molecule has 0 radical (unpaired) electrons. The van der Waals surface area contributed by atoms with Crippen molar-refractivity contribution < 1.29 is 4.74 Å². The number of nitrogens with one attached hydrogen (secondary N) is 1. The van der Waals surface area contributed by atoms with Crippen molar-refractivity contribution >= 4 is 0 Å². The monoisotopic (exact) mass is 257 g/mol. The molecule has 0 amide bonds. The summed E-state index contributed by atoms with van der Waals surface area (Å²) in [5, 5.41) is 3.67. The maximum absolute atomic E-state index is 5.55. The van der Waals surface area contributed by atoms with Crippen LogP contribution in [0.3, 0.4) is 0 Å². The molecule has 0 aliphatic heterocycles. The van der Waals surface area contributed by atoms with E-state index in [1.54, 1.807) is 0 Å². The lowest BCUT2D eigenvalue weighted by Gasteiger charge is -2.29. The van der Waals surface area contributed by atoms with Crippen LogP contribution in [0.25, 0.3) is 0 Å². The topological polar surface area (TPSA) is 21.3 Å². The maximum atomic E-state index is 5.55. The summed E-state index contributed by atoms with van der Waals surface area (Å²) in [5.41, 5.74) is -0.00513. The van der Waals surface area contributed by atoms with Gasteiger partial charge in [0.05, 0.1) is 5.60 Å². The van der Waals surface area contributed by atoms with Gasteiger partial charge in [0, 0.05) is 13.2 Å². The molecule has 0 aromatic heterocycles. The van der Waals surface area contributed by atoms with E-state index in [-0.39, 0.29) is 5.60 Å². The molecule has 1 N–H and O–H groups in total. The van der Waals surface area contributed by atoms with E-state index in [4.69, 9.17) is 4.74 Å². The summed E-state index contributed by atoms with van der Waals surface area (Å²) in [6.07, 6.45) is 10.4. The van der Waals surface area contributed by atoms with Crippen LogP contribution in [0, 0.1) is 0 Å². The second-order valence-electron chi connectivity index (χ2n) is 6.02. The average Bonchev–Trinajstić information content (AvgIpc) is 2.35. The van der Waals surface area contributed by atoms with Gasteiger partial charge in [0.25, 0.3) is 0 Å². The van der Waals surface area contributed by atoms with Gasteiger partial charge in [0.1, 0.15) is 0 Å². The summed E-state index contributed by atoms with van der Waals surface area (Å²) in [6.45, 7) is 9.99. The Morgan fingerprint density at radius 1 is 1.00 bits per heavy atom. The fraction of sp³-hybridized carbons (Fsp3) is 1.00. The van der Waals surface area contributed by atoms with Crippen molar-refractivity contribution in [3.8, 4) is 0 Å². The summed E-state index contributed by atoms with van der Waals surface area (Å²) >= 11 is 0. The van der Waals surface area contributed by atoms with Gasteiger partial charge in [-0.3, -0.25) is 0 Å². The molecule has 0 saturated heterocycles. The second-order valence-corrected chi connectivity index (χ2v) is 6.02. The van der Waals surface area contributed by atoms with Gasteiger partial charge in [-0.25, -0.2) is 0 Å². The SMILES string of the molecule is CCCCCCCC(CC(C)(C)OC)NCCC. The molecule has 0 bridgehead atoms. The quantitative estimate of drug-likeness (QED) is 0.519. The molecule has 1 atom stereocenters. The first-order chi connectivity index (χ1) is 8.55. The minimum atomic E-state index is -0.00513. The Hall–Kier alpha value is -0.0800. The molecule has 2 heteroatoms. The fourth-order valence-electron chi connectivity index (χ4n) is 2.30. The molecule has 0 saturated carbocycles. The number of ether oxygens (including phenoxy) is 1. The van der Waals surface area contributed by atoms with Gasteiger partial charge in [0.15, 0.2) is 0 Å². The van der Waals surface area contributed by atoms with Gasteiger partial charge >= 0.3 is 0 Å². The van der Waals surface area contributed by atoms with Crippen molar-refractivity contribution in [1.29, 1.82) is 0 Å². The molecular formula is C16H35NO. The number of hydrogen-bond donors (Lipinski definition) is 1. The van der Waals surface area contributed by atoms with Crippen LogP contribution in [-0.4, -0.2) is 25.3 Å². The van der Waals surface area contributed by atoms with Crippen LogP contribution in [0.15, 0.2) is 0 Å². The summed E-state index contributed by atoms with van der Waals surface area (Å²) in [7, 11) is 1.82. The number of unbranched alkanes of at least 4 members (excludes halogenated alkanes) is 4. The smallest absolute Gasteiger partial charge is 0.0637 e. The Morgan fingerprint density at radius 2 is 1.67 bits per heavy atom. The highest BCUT2D eigenvalue weighted by Crippen LogP contribution is 2.19. The van der Waals surface area contributed by atoms with E-state index < -0.39 is 0 Å². The summed E-state index contributed by atoms with van der Waals surface area (Å²) in [6, 6.07) is 0.613. The van der Waals surface area contributed by atoms with Crippen molar-refractivity contribution in [2.75, 3.05) is 13.7 Å². The molecule has 2 nitrogen and oxygen atoms in total. The minimum absolute atomic E-state index is 0.00513. The second kappa shape index (κ2) is 10.8. The third-order valence-corrected chi connectivity index (χ3v) is 3.63. The average molecular weight is 257 g/mol. The van der Waals surface area contributed by atoms with E-state index >= 15 is 0 Å². The van der Waals surface area contributed by atoms with Gasteiger partial charge < -0.3 is 10.1 Å². The van der Waals surface area contributed by atoms with Crippen LogP contribution in [0.1, 0.15) is 79.1 Å². The van der Waals surface area contributed by atoms with Crippen molar-refractivity contribution in [3.05, 3.63) is 0 Å². The molecule has 0 aromatic rings. The summed E-state index contributed by atoms with van der Waals surface area (Å²) in [4.78, 5) is 0. The standard InChI is InChI=1S/C16H35NO/c1-6-8-9-10-11-12-15(17-13-7-2)14-16(3,4)18-5/h15,17H,6-14H2,1-5H3. The van der Waals surface area contributed by atoms with Crippen LogP contribution in [0.5, 0.6) is 0 Å². The van der Waals surface area contributed by atoms with E-state index in [9.17, 15) is 0 Å². The Morgan fingerprint density at radius 3 is 2.22 bits per heavy atom. The third kappa shape index (κ3) is 9.90. The van der Waals surface area contributed by atoms with E-state index in [1.807, 2.05) is 7.11 Å². The first-order valence-electron chi connectivity index (χ1n) is 7.84. The number of methoxy groups -OCH3 is 1. The van der Waals surface area contributed by atoms with Crippen molar-refractivity contribution in [1.82, 2.24) is 5.32 Å². The van der Waals surface area contributed by atoms with Gasteiger partial charge in [0.2, 0.25) is 0 Å². The zero-order valence-electron chi connectivity index (χ0n) is 13.3. The lowest BCUT2D eigenvalue weighted by molar-refractivity contribution is 0.00620. The summed E-state index contributed by atoms with van der Waals surface area (Å²) in [5.74, 6) is 0. The molecule has 0 aliphatic rings. The Balaban J connectivity index is 3.91. The molecule has 0 spiro atoms. The Labute approximate surface area is 115 Å². The first-order valence-corrected chi connectivity index (χ1v) is 7.84. The van der Waals surface area contributed by atoms with E-state index in [2.05, 4.69) is 33.0 Å². The highest BCUT2D eigenvalue weighted by molar-refractivity contribution is 4.78. The van der Waals surface area contributed by atoms with Crippen LogP contribution in [0.4, 0.5) is 0 Å². The number of hydrogen-bond acceptors (Lipinski definition) is 2.